The van der Waals surface area contributed by atoms with Gasteiger partial charge >= 0.3 is 0 Å². The minimum Gasteiger partial charge on any atom is -0.350 e. The van der Waals surface area contributed by atoms with E-state index in [2.05, 4.69) is 21.8 Å². The number of nitrogens with zero attached hydrogens (tertiary/aromatic N) is 2. The predicted molar refractivity (Wildman–Crippen MR) is 88.6 cm³/mol. The minimum absolute atomic E-state index is 0.0516. The van der Waals surface area contributed by atoms with E-state index in [4.69, 9.17) is 0 Å². The number of rotatable bonds is 5. The van der Waals surface area contributed by atoms with E-state index in [9.17, 15) is 9.59 Å². The van der Waals surface area contributed by atoms with Crippen LogP contribution in [0.2, 0.25) is 0 Å². The fourth-order valence-electron chi connectivity index (χ4n) is 2.97. The highest BCUT2D eigenvalue weighted by atomic mass is 16.2. The van der Waals surface area contributed by atoms with Gasteiger partial charge in [0.1, 0.15) is 6.04 Å². The van der Waals surface area contributed by atoms with Crippen molar-refractivity contribution in [2.75, 3.05) is 0 Å². The highest BCUT2D eigenvalue weighted by molar-refractivity contribution is 5.90. The van der Waals surface area contributed by atoms with Crippen molar-refractivity contribution in [1.29, 1.82) is 0 Å². The van der Waals surface area contributed by atoms with Crippen molar-refractivity contribution in [1.82, 2.24) is 20.4 Å². The SMILES string of the molecule is O=C1CC[C@H](C(=O)NCc2ccc(-n3ccc(C4CC4)n3)cc2)N1. The molecule has 1 aliphatic carbocycles. The summed E-state index contributed by atoms with van der Waals surface area (Å²) in [5, 5.41) is 10.2. The summed E-state index contributed by atoms with van der Waals surface area (Å²) in [6.07, 6.45) is 5.49. The van der Waals surface area contributed by atoms with Gasteiger partial charge in [-0.2, -0.15) is 5.10 Å². The second kappa shape index (κ2) is 6.11. The van der Waals surface area contributed by atoms with Gasteiger partial charge in [-0.15, -0.1) is 0 Å². The van der Waals surface area contributed by atoms with Gasteiger partial charge < -0.3 is 10.6 Å². The molecule has 0 bridgehead atoms. The third-order valence-electron chi connectivity index (χ3n) is 4.58. The van der Waals surface area contributed by atoms with Crippen LogP contribution in [0.25, 0.3) is 5.69 Å². The summed E-state index contributed by atoms with van der Waals surface area (Å²) in [5.41, 5.74) is 3.20. The summed E-state index contributed by atoms with van der Waals surface area (Å²) in [7, 11) is 0. The smallest absolute Gasteiger partial charge is 0.242 e. The summed E-state index contributed by atoms with van der Waals surface area (Å²) in [6.45, 7) is 0.456. The van der Waals surface area contributed by atoms with Gasteiger partial charge in [-0.1, -0.05) is 12.1 Å². The van der Waals surface area contributed by atoms with Gasteiger partial charge in [0, 0.05) is 25.1 Å². The molecule has 2 amide bonds. The van der Waals surface area contributed by atoms with Crippen LogP contribution in [0.3, 0.4) is 0 Å². The van der Waals surface area contributed by atoms with Crippen molar-refractivity contribution < 1.29 is 9.59 Å². The molecule has 1 atom stereocenters. The van der Waals surface area contributed by atoms with Crippen molar-refractivity contribution in [2.45, 2.75) is 44.2 Å². The fraction of sp³-hybridized carbons (Fsp3) is 0.389. The monoisotopic (exact) mass is 324 g/mol. The molecule has 2 heterocycles. The van der Waals surface area contributed by atoms with Crippen LogP contribution in [0.1, 0.15) is 42.9 Å². The van der Waals surface area contributed by atoms with Crippen LogP contribution in [-0.4, -0.2) is 27.6 Å². The Labute approximate surface area is 140 Å². The van der Waals surface area contributed by atoms with Gasteiger partial charge in [0.25, 0.3) is 0 Å². The number of amides is 2. The van der Waals surface area contributed by atoms with E-state index in [1.165, 1.54) is 18.5 Å². The predicted octanol–water partition coefficient (Wildman–Crippen LogP) is 1.64. The number of carbonyl (C=O) groups is 2. The van der Waals surface area contributed by atoms with Crippen LogP contribution in [0.4, 0.5) is 0 Å². The molecule has 1 saturated carbocycles. The molecule has 1 aliphatic heterocycles. The van der Waals surface area contributed by atoms with Gasteiger partial charge in [0.05, 0.1) is 11.4 Å². The Hall–Kier alpha value is -2.63. The number of carbonyl (C=O) groups excluding carboxylic acids is 2. The third-order valence-corrected chi connectivity index (χ3v) is 4.58. The van der Waals surface area contributed by atoms with Crippen molar-refractivity contribution in [3.8, 4) is 5.69 Å². The van der Waals surface area contributed by atoms with Crippen LogP contribution < -0.4 is 10.6 Å². The first-order valence-electron chi connectivity index (χ1n) is 8.41. The normalized spacial score (nSPS) is 20.0. The van der Waals surface area contributed by atoms with Crippen LogP contribution in [0.5, 0.6) is 0 Å². The Morgan fingerprint density at radius 1 is 1.21 bits per heavy atom. The minimum atomic E-state index is -0.387. The maximum atomic E-state index is 12.0. The van der Waals surface area contributed by atoms with Crippen molar-refractivity contribution in [3.63, 3.8) is 0 Å². The van der Waals surface area contributed by atoms with Gasteiger partial charge in [0.2, 0.25) is 11.8 Å². The number of hydrogen-bond donors (Lipinski definition) is 2. The number of aromatic nitrogens is 2. The lowest BCUT2D eigenvalue weighted by Crippen LogP contribution is -2.41. The number of benzene rings is 1. The molecule has 2 aromatic rings. The molecule has 2 N–H and O–H groups in total. The molecule has 24 heavy (non-hydrogen) atoms. The van der Waals surface area contributed by atoms with Crippen LogP contribution in [-0.2, 0) is 16.1 Å². The van der Waals surface area contributed by atoms with E-state index < -0.39 is 0 Å². The highest BCUT2D eigenvalue weighted by Gasteiger charge is 2.27. The molecule has 2 fully saturated rings. The summed E-state index contributed by atoms with van der Waals surface area (Å²) >= 11 is 0. The second-order valence-electron chi connectivity index (χ2n) is 6.50. The van der Waals surface area contributed by atoms with Gasteiger partial charge in [-0.3, -0.25) is 9.59 Å². The van der Waals surface area contributed by atoms with Crippen LogP contribution in [0.15, 0.2) is 36.5 Å². The molecule has 6 nitrogen and oxygen atoms in total. The number of hydrogen-bond acceptors (Lipinski definition) is 3. The van der Waals surface area contributed by atoms with Crippen LogP contribution >= 0.6 is 0 Å². The lowest BCUT2D eigenvalue weighted by molar-refractivity contribution is -0.125. The third kappa shape index (κ3) is 3.18. The van der Waals surface area contributed by atoms with E-state index in [0.717, 1.165) is 11.3 Å². The molecule has 4 rings (SSSR count). The Morgan fingerprint density at radius 2 is 2.00 bits per heavy atom. The van der Waals surface area contributed by atoms with Gasteiger partial charge in [-0.25, -0.2) is 4.68 Å². The van der Waals surface area contributed by atoms with Crippen LogP contribution in [0, 0.1) is 0 Å². The Bertz CT molecular complexity index is 762. The zero-order valence-electron chi connectivity index (χ0n) is 13.4. The largest absolute Gasteiger partial charge is 0.350 e. The molecule has 0 unspecified atom stereocenters. The molecule has 0 spiro atoms. The molecule has 0 radical (unpaired) electrons. The first-order valence-corrected chi connectivity index (χ1v) is 8.41. The summed E-state index contributed by atoms with van der Waals surface area (Å²) in [6, 6.07) is 9.68. The second-order valence-corrected chi connectivity index (χ2v) is 6.50. The Kier molecular flexibility index (Phi) is 3.80. The molecule has 1 aromatic carbocycles. The average Bonchev–Trinajstić information content (AvgIpc) is 3.16. The van der Waals surface area contributed by atoms with E-state index in [0.29, 0.717) is 25.3 Å². The zero-order valence-corrected chi connectivity index (χ0v) is 13.4. The Balaban J connectivity index is 1.35. The van der Waals surface area contributed by atoms with E-state index in [1.54, 1.807) is 0 Å². The average molecular weight is 324 g/mol. The molecular weight excluding hydrogens is 304 g/mol. The van der Waals surface area contributed by atoms with Crippen molar-refractivity contribution in [2.24, 2.45) is 0 Å². The summed E-state index contributed by atoms with van der Waals surface area (Å²) in [4.78, 5) is 23.1. The van der Waals surface area contributed by atoms with E-state index in [1.807, 2.05) is 35.1 Å². The topological polar surface area (TPSA) is 76.0 Å². The highest BCUT2D eigenvalue weighted by Crippen LogP contribution is 2.39. The van der Waals surface area contributed by atoms with Gasteiger partial charge in [-0.05, 0) is 43.0 Å². The van der Waals surface area contributed by atoms with E-state index >= 15 is 0 Å². The first-order chi connectivity index (χ1) is 11.7. The fourth-order valence-corrected chi connectivity index (χ4v) is 2.97. The molecule has 2 aliphatic rings. The molecule has 6 heteroatoms. The molecule has 124 valence electrons. The lowest BCUT2D eigenvalue weighted by atomic mass is 10.2. The maximum absolute atomic E-state index is 12.0. The zero-order chi connectivity index (χ0) is 16.5. The molecule has 1 saturated heterocycles. The Morgan fingerprint density at radius 3 is 2.67 bits per heavy atom. The summed E-state index contributed by atoms with van der Waals surface area (Å²) in [5.74, 6) is 0.479. The quantitative estimate of drug-likeness (QED) is 0.878. The summed E-state index contributed by atoms with van der Waals surface area (Å²) < 4.78 is 1.89. The van der Waals surface area contributed by atoms with E-state index in [-0.39, 0.29) is 17.9 Å². The van der Waals surface area contributed by atoms with Crippen molar-refractivity contribution >= 4 is 11.8 Å². The first kappa shape index (κ1) is 14.9. The lowest BCUT2D eigenvalue weighted by Gasteiger charge is -2.11. The standard InChI is InChI=1S/C18H20N4O2/c23-17-8-7-16(20-17)18(24)19-11-12-1-5-14(6-2-12)22-10-9-15(21-22)13-3-4-13/h1-2,5-6,9-10,13,16H,3-4,7-8,11H2,(H,19,24)(H,20,23)/t16-/m1/s1. The number of nitrogens with one attached hydrogen (secondary N) is 2. The molecule has 1 aromatic heterocycles. The van der Waals surface area contributed by atoms with Gasteiger partial charge in [0.15, 0.2) is 0 Å². The molecular formula is C18H20N4O2. The van der Waals surface area contributed by atoms with Crippen molar-refractivity contribution in [3.05, 3.63) is 47.8 Å². The maximum Gasteiger partial charge on any atom is 0.242 e.